The Labute approximate surface area is 175 Å². The highest BCUT2D eigenvalue weighted by atomic mass is 32.2. The number of benzene rings is 1. The molecule has 0 unspecified atom stereocenters. The van der Waals surface area contributed by atoms with Crippen LogP contribution in [0.3, 0.4) is 0 Å². The second-order valence-electron chi connectivity index (χ2n) is 7.66. The summed E-state index contributed by atoms with van der Waals surface area (Å²) in [5.74, 6) is 1.03. The summed E-state index contributed by atoms with van der Waals surface area (Å²) in [7, 11) is -3.28. The topological polar surface area (TPSA) is 124 Å². The van der Waals surface area contributed by atoms with Crippen LogP contribution in [0.5, 0.6) is 11.5 Å². The highest BCUT2D eigenvalue weighted by Crippen LogP contribution is 2.32. The number of ether oxygens (including phenoxy) is 2. The number of rotatable bonds is 6. The molecular weight excluding hydrogens is 410 g/mol. The van der Waals surface area contributed by atoms with Crippen LogP contribution in [0.15, 0.2) is 18.2 Å². The van der Waals surface area contributed by atoms with Gasteiger partial charge >= 0.3 is 0 Å². The Balaban J connectivity index is 1.44. The molecular formula is C19H25N5O5S. The summed E-state index contributed by atoms with van der Waals surface area (Å²) >= 11 is 0. The van der Waals surface area contributed by atoms with Gasteiger partial charge in [-0.3, -0.25) is 4.79 Å². The first-order valence-electron chi connectivity index (χ1n) is 9.89. The molecule has 10 nitrogen and oxygen atoms in total. The minimum atomic E-state index is -3.28. The van der Waals surface area contributed by atoms with Crippen LogP contribution in [0.1, 0.15) is 35.4 Å². The fourth-order valence-electron chi connectivity index (χ4n) is 3.97. The second kappa shape index (κ2) is 8.23. The first kappa shape index (κ1) is 20.6. The van der Waals surface area contributed by atoms with Gasteiger partial charge in [0.2, 0.25) is 10.0 Å². The Kier molecular flexibility index (Phi) is 5.65. The van der Waals surface area contributed by atoms with Gasteiger partial charge in [0.25, 0.3) is 5.91 Å². The Morgan fingerprint density at radius 2 is 2.00 bits per heavy atom. The second-order valence-corrected chi connectivity index (χ2v) is 9.44. The zero-order valence-electron chi connectivity index (χ0n) is 16.9. The van der Waals surface area contributed by atoms with Crippen molar-refractivity contribution in [3.8, 4) is 17.2 Å². The van der Waals surface area contributed by atoms with Crippen LogP contribution < -0.4 is 19.5 Å². The highest BCUT2D eigenvalue weighted by molar-refractivity contribution is 7.88. The van der Waals surface area contributed by atoms with E-state index in [0.29, 0.717) is 37.0 Å². The third-order valence-corrected chi connectivity index (χ3v) is 6.16. The number of hydrogen-bond acceptors (Lipinski definition) is 7. The highest BCUT2D eigenvalue weighted by Gasteiger charge is 2.30. The Morgan fingerprint density at radius 3 is 2.77 bits per heavy atom. The smallest absolute Gasteiger partial charge is 0.273 e. The molecule has 4 rings (SSSR count). The van der Waals surface area contributed by atoms with Crippen molar-refractivity contribution in [1.82, 2.24) is 25.0 Å². The predicted octanol–water partition coefficient (Wildman–Crippen LogP) is 0.795. The zero-order valence-corrected chi connectivity index (χ0v) is 17.7. The lowest BCUT2D eigenvalue weighted by Crippen LogP contribution is -2.41. The fourth-order valence-corrected chi connectivity index (χ4v) is 4.83. The van der Waals surface area contributed by atoms with Gasteiger partial charge in [0.05, 0.1) is 17.6 Å². The summed E-state index contributed by atoms with van der Waals surface area (Å²) in [4.78, 5) is 12.7. The molecule has 2 aliphatic rings. The molecule has 1 saturated carbocycles. The molecule has 1 aliphatic carbocycles. The molecule has 2 atom stereocenters. The third kappa shape index (κ3) is 4.41. The van der Waals surface area contributed by atoms with Crippen LogP contribution in [0, 0.1) is 12.8 Å². The Hall–Kier alpha value is -2.66. The minimum Gasteiger partial charge on any atom is -0.486 e. The summed E-state index contributed by atoms with van der Waals surface area (Å²) < 4.78 is 38.4. The first-order chi connectivity index (χ1) is 14.3. The maximum atomic E-state index is 12.7. The van der Waals surface area contributed by atoms with Gasteiger partial charge in [-0.2, -0.15) is 0 Å². The lowest BCUT2D eigenvalue weighted by molar-refractivity contribution is 0.0940. The standard InChI is InChI=1S/C19H25N5O5S/c1-12-18(19(25)20-11-13-4-3-5-15(13)22-30(2,26)27)21-23-24(12)14-6-7-16-17(10-14)29-9-8-28-16/h6-7,10,13,15,22H,3-5,8-9,11H2,1-2H3,(H,20,25)/t13-,15-/m1/s1. The molecule has 1 fully saturated rings. The molecule has 2 heterocycles. The molecule has 11 heteroatoms. The maximum Gasteiger partial charge on any atom is 0.273 e. The summed E-state index contributed by atoms with van der Waals surface area (Å²) in [6, 6.07) is 5.28. The molecule has 1 aromatic carbocycles. The number of fused-ring (bicyclic) bond motifs is 1. The van der Waals surface area contributed by atoms with Crippen molar-refractivity contribution < 1.29 is 22.7 Å². The van der Waals surface area contributed by atoms with Crippen LogP contribution in [-0.4, -0.2) is 61.4 Å². The van der Waals surface area contributed by atoms with Gasteiger partial charge in [0.15, 0.2) is 17.2 Å². The Morgan fingerprint density at radius 1 is 1.23 bits per heavy atom. The van der Waals surface area contributed by atoms with E-state index in [-0.39, 0.29) is 23.6 Å². The van der Waals surface area contributed by atoms with Crippen LogP contribution in [-0.2, 0) is 10.0 Å². The third-order valence-electron chi connectivity index (χ3n) is 5.43. The van der Waals surface area contributed by atoms with E-state index in [4.69, 9.17) is 9.47 Å². The van der Waals surface area contributed by atoms with Gasteiger partial charge in [-0.15, -0.1) is 5.10 Å². The summed E-state index contributed by atoms with van der Waals surface area (Å²) in [5.41, 5.74) is 1.55. The van der Waals surface area contributed by atoms with Gasteiger partial charge in [-0.1, -0.05) is 11.6 Å². The van der Waals surface area contributed by atoms with E-state index in [1.54, 1.807) is 23.7 Å². The average Bonchev–Trinajstić information content (AvgIpc) is 3.30. The molecule has 1 aliphatic heterocycles. The number of carbonyl (C=O) groups is 1. The molecule has 1 amide bonds. The molecule has 2 N–H and O–H groups in total. The van der Waals surface area contributed by atoms with E-state index in [2.05, 4.69) is 20.4 Å². The van der Waals surface area contributed by atoms with Gasteiger partial charge in [-0.25, -0.2) is 17.8 Å². The van der Waals surface area contributed by atoms with Gasteiger partial charge in [0, 0.05) is 18.7 Å². The summed E-state index contributed by atoms with van der Waals surface area (Å²) in [6.07, 6.45) is 3.71. The van der Waals surface area contributed by atoms with Crippen molar-refractivity contribution >= 4 is 15.9 Å². The normalized spacial score (nSPS) is 20.9. The molecule has 30 heavy (non-hydrogen) atoms. The molecule has 0 bridgehead atoms. The van der Waals surface area contributed by atoms with Crippen molar-refractivity contribution in [2.45, 2.75) is 32.2 Å². The van der Waals surface area contributed by atoms with E-state index < -0.39 is 10.0 Å². The van der Waals surface area contributed by atoms with Crippen molar-refractivity contribution in [2.24, 2.45) is 5.92 Å². The lowest BCUT2D eigenvalue weighted by Gasteiger charge is -2.20. The van der Waals surface area contributed by atoms with E-state index in [1.807, 2.05) is 6.07 Å². The van der Waals surface area contributed by atoms with E-state index >= 15 is 0 Å². The number of nitrogens with zero attached hydrogens (tertiary/aromatic N) is 3. The number of nitrogens with one attached hydrogen (secondary N) is 2. The maximum absolute atomic E-state index is 12.7. The number of carbonyl (C=O) groups excluding carboxylic acids is 1. The minimum absolute atomic E-state index is 0.0526. The van der Waals surface area contributed by atoms with Crippen molar-refractivity contribution in [3.05, 3.63) is 29.6 Å². The van der Waals surface area contributed by atoms with Gasteiger partial charge in [-0.05, 0) is 37.8 Å². The number of aromatic nitrogens is 3. The predicted molar refractivity (Wildman–Crippen MR) is 109 cm³/mol. The monoisotopic (exact) mass is 435 g/mol. The number of sulfonamides is 1. The van der Waals surface area contributed by atoms with Crippen molar-refractivity contribution in [2.75, 3.05) is 26.0 Å². The molecule has 162 valence electrons. The molecule has 1 aromatic heterocycles. The summed E-state index contributed by atoms with van der Waals surface area (Å²) in [5, 5.41) is 11.0. The zero-order chi connectivity index (χ0) is 21.3. The van der Waals surface area contributed by atoms with Crippen LogP contribution in [0.2, 0.25) is 0 Å². The van der Waals surface area contributed by atoms with Crippen molar-refractivity contribution in [1.29, 1.82) is 0 Å². The lowest BCUT2D eigenvalue weighted by atomic mass is 10.0. The van der Waals surface area contributed by atoms with Gasteiger partial charge < -0.3 is 14.8 Å². The van der Waals surface area contributed by atoms with Crippen LogP contribution in [0.4, 0.5) is 0 Å². The van der Waals surface area contributed by atoms with Gasteiger partial charge in [0.1, 0.15) is 13.2 Å². The van der Waals surface area contributed by atoms with E-state index in [9.17, 15) is 13.2 Å². The largest absolute Gasteiger partial charge is 0.486 e. The molecule has 0 radical (unpaired) electrons. The number of hydrogen-bond donors (Lipinski definition) is 2. The first-order valence-corrected chi connectivity index (χ1v) is 11.8. The molecule has 2 aromatic rings. The fraction of sp³-hybridized carbons (Fsp3) is 0.526. The molecule has 0 saturated heterocycles. The molecule has 0 spiro atoms. The number of amides is 1. The quantitative estimate of drug-likeness (QED) is 0.687. The average molecular weight is 436 g/mol. The van der Waals surface area contributed by atoms with Crippen LogP contribution >= 0.6 is 0 Å². The van der Waals surface area contributed by atoms with Crippen molar-refractivity contribution in [3.63, 3.8) is 0 Å². The Bertz CT molecular complexity index is 1050. The van der Waals surface area contributed by atoms with E-state index in [0.717, 1.165) is 31.2 Å². The SMILES string of the molecule is Cc1c(C(=O)NC[C@H]2CCC[C@H]2NS(C)(=O)=O)nnn1-c1ccc2c(c1)OCCO2. The summed E-state index contributed by atoms with van der Waals surface area (Å²) in [6.45, 7) is 3.15. The van der Waals surface area contributed by atoms with E-state index in [1.165, 1.54) is 0 Å². The van der Waals surface area contributed by atoms with Crippen LogP contribution in [0.25, 0.3) is 5.69 Å².